The quantitative estimate of drug-likeness (QED) is 0.840. The van der Waals surface area contributed by atoms with Crippen LogP contribution in [-0.2, 0) is 0 Å². The minimum atomic E-state index is -3.28. The Bertz CT molecular complexity index is 713. The van der Waals surface area contributed by atoms with E-state index in [1.54, 1.807) is 6.20 Å². The lowest BCUT2D eigenvalue weighted by Crippen LogP contribution is -2.46. The van der Waals surface area contributed by atoms with Crippen LogP contribution in [0.1, 0.15) is 9.67 Å². The van der Waals surface area contributed by atoms with E-state index in [0.29, 0.717) is 34.1 Å². The number of halogens is 2. The number of anilines is 1. The summed E-state index contributed by atoms with van der Waals surface area (Å²) in [6, 6.07) is 0. The Kier molecular flexibility index (Phi) is 2.49. The Morgan fingerprint density at radius 2 is 2.29 bits per heavy atom. The zero-order chi connectivity index (χ0) is 14.6. The highest BCUT2D eigenvalue weighted by atomic mass is 32.1. The fraction of sp³-hybridized carbons (Fsp3) is 0.333. The molecule has 0 fully saturated rings. The van der Waals surface area contributed by atoms with E-state index < -0.39 is 12.7 Å². The van der Waals surface area contributed by atoms with Crippen molar-refractivity contribution in [1.29, 1.82) is 0 Å². The van der Waals surface area contributed by atoms with Gasteiger partial charge in [0.2, 0.25) is 0 Å². The van der Waals surface area contributed by atoms with Gasteiger partial charge in [-0.1, -0.05) is 0 Å². The van der Waals surface area contributed by atoms with Gasteiger partial charge in [-0.15, -0.1) is 11.3 Å². The molecule has 110 valence electrons. The Labute approximate surface area is 121 Å². The summed E-state index contributed by atoms with van der Waals surface area (Å²) in [7, 11) is 0. The number of ether oxygens (including phenoxy) is 1. The molecule has 9 heteroatoms. The summed E-state index contributed by atoms with van der Waals surface area (Å²) in [5, 5.41) is 9.16. The van der Waals surface area contributed by atoms with Gasteiger partial charge in [0, 0.05) is 24.8 Å². The van der Waals surface area contributed by atoms with Gasteiger partial charge in [-0.25, -0.2) is 0 Å². The number of hydrogen-bond donors (Lipinski definition) is 2. The summed E-state index contributed by atoms with van der Waals surface area (Å²) in [4.78, 5) is 14.5. The van der Waals surface area contributed by atoms with E-state index in [9.17, 15) is 13.6 Å². The molecule has 0 saturated heterocycles. The number of rotatable bonds is 1. The molecule has 0 atom stereocenters. The maximum absolute atomic E-state index is 13.8. The molecule has 2 aliphatic heterocycles. The van der Waals surface area contributed by atoms with Gasteiger partial charge in [0.25, 0.3) is 5.91 Å². The van der Waals surface area contributed by atoms with E-state index in [2.05, 4.69) is 15.5 Å². The number of carbonyl (C=O) groups is 1. The smallest absolute Gasteiger partial charge is 0.416 e. The molecule has 2 N–H and O–H groups in total. The zero-order valence-electron chi connectivity index (χ0n) is 10.7. The minimum absolute atomic E-state index is 0.0599. The van der Waals surface area contributed by atoms with Crippen molar-refractivity contribution in [3.8, 4) is 16.2 Å². The summed E-state index contributed by atoms with van der Waals surface area (Å²) in [6.07, 6.45) is -0.183. The maximum atomic E-state index is 13.8. The number of carbonyl (C=O) groups excluding carboxylic acids is 1. The molecule has 0 spiro atoms. The molecular weight excluding hydrogens is 302 g/mol. The van der Waals surface area contributed by atoms with E-state index in [4.69, 9.17) is 4.74 Å². The first-order valence-electron chi connectivity index (χ1n) is 6.31. The molecule has 0 saturated carbocycles. The van der Waals surface area contributed by atoms with E-state index in [-0.39, 0.29) is 11.7 Å². The number of aromatic nitrogens is 2. The molecule has 0 bridgehead atoms. The molecule has 1 amide bonds. The fourth-order valence-electron chi connectivity index (χ4n) is 2.57. The highest BCUT2D eigenvalue weighted by molar-refractivity contribution is 7.18. The number of thiophene rings is 1. The average molecular weight is 312 g/mol. The maximum Gasteiger partial charge on any atom is 0.416 e. The summed E-state index contributed by atoms with van der Waals surface area (Å²) in [6.45, 7) is 0.104. The Balaban J connectivity index is 1.96. The van der Waals surface area contributed by atoms with Crippen molar-refractivity contribution in [2.75, 3.05) is 24.5 Å². The van der Waals surface area contributed by atoms with Crippen molar-refractivity contribution < 1.29 is 18.3 Å². The Hall–Kier alpha value is -2.16. The second-order valence-electron chi connectivity index (χ2n) is 4.84. The van der Waals surface area contributed by atoms with Gasteiger partial charge in [-0.2, -0.15) is 13.9 Å². The first kappa shape index (κ1) is 12.6. The summed E-state index contributed by atoms with van der Waals surface area (Å²) in [5.41, 5.74) is 1.07. The minimum Gasteiger partial charge on any atom is -0.427 e. The normalized spacial score (nSPS) is 19.5. The standard InChI is InChI=1S/C12H10F2N4O2S/c13-12(14)5-18-2-1-15-11(19)10-7(18)8(20-12)9(21-10)6-3-16-17-4-6/h3-4H,1-2,5H2,(H,15,19)(H,16,17). The first-order chi connectivity index (χ1) is 10.1. The van der Waals surface area contributed by atoms with E-state index in [1.165, 1.54) is 11.1 Å². The molecule has 2 aromatic heterocycles. The van der Waals surface area contributed by atoms with Crippen molar-refractivity contribution in [3.05, 3.63) is 17.3 Å². The SMILES string of the molecule is O=C1NCCN2CC(F)(F)Oc3c(-c4cn[nH]c4)sc1c32. The lowest BCUT2D eigenvalue weighted by Gasteiger charge is -2.33. The summed E-state index contributed by atoms with van der Waals surface area (Å²) < 4.78 is 32.5. The van der Waals surface area contributed by atoms with Gasteiger partial charge in [0.05, 0.1) is 11.1 Å². The van der Waals surface area contributed by atoms with Crippen molar-refractivity contribution in [1.82, 2.24) is 15.5 Å². The second kappa shape index (κ2) is 4.17. The van der Waals surface area contributed by atoms with Crippen LogP contribution in [0.5, 0.6) is 5.75 Å². The highest BCUT2D eigenvalue weighted by Crippen LogP contribution is 2.52. The fourth-order valence-corrected chi connectivity index (χ4v) is 3.71. The van der Waals surface area contributed by atoms with Crippen LogP contribution < -0.4 is 15.0 Å². The third-order valence-corrected chi connectivity index (χ3v) is 4.63. The summed E-state index contributed by atoms with van der Waals surface area (Å²) in [5.74, 6) is -0.202. The molecule has 0 aromatic carbocycles. The monoisotopic (exact) mass is 312 g/mol. The largest absolute Gasteiger partial charge is 0.427 e. The number of hydrogen-bond acceptors (Lipinski definition) is 5. The Morgan fingerprint density at radius 3 is 3.05 bits per heavy atom. The molecular formula is C12H10F2N4O2S. The second-order valence-corrected chi connectivity index (χ2v) is 5.86. The van der Waals surface area contributed by atoms with Gasteiger partial charge >= 0.3 is 6.11 Å². The molecule has 2 aromatic rings. The molecule has 21 heavy (non-hydrogen) atoms. The Morgan fingerprint density at radius 1 is 1.43 bits per heavy atom. The number of amides is 1. The molecule has 4 heterocycles. The van der Waals surface area contributed by atoms with E-state index in [0.717, 1.165) is 11.3 Å². The van der Waals surface area contributed by atoms with Gasteiger partial charge in [-0.3, -0.25) is 9.89 Å². The van der Waals surface area contributed by atoms with Crippen LogP contribution in [0.15, 0.2) is 12.4 Å². The third kappa shape index (κ3) is 1.88. The summed E-state index contributed by atoms with van der Waals surface area (Å²) >= 11 is 1.14. The zero-order valence-corrected chi connectivity index (χ0v) is 11.5. The van der Waals surface area contributed by atoms with Crippen LogP contribution in [-0.4, -0.2) is 41.8 Å². The average Bonchev–Trinajstić information content (AvgIpc) is 3.00. The molecule has 4 rings (SSSR count). The lowest BCUT2D eigenvalue weighted by molar-refractivity contribution is -0.171. The van der Waals surface area contributed by atoms with Gasteiger partial charge in [-0.05, 0) is 0 Å². The number of H-pyrrole nitrogens is 1. The first-order valence-corrected chi connectivity index (χ1v) is 7.13. The van der Waals surface area contributed by atoms with Crippen LogP contribution in [0.4, 0.5) is 14.5 Å². The molecule has 0 unspecified atom stereocenters. The van der Waals surface area contributed by atoms with Crippen LogP contribution >= 0.6 is 11.3 Å². The van der Waals surface area contributed by atoms with Crippen molar-refractivity contribution in [2.45, 2.75) is 6.11 Å². The van der Waals surface area contributed by atoms with Crippen LogP contribution in [0.3, 0.4) is 0 Å². The van der Waals surface area contributed by atoms with Crippen molar-refractivity contribution in [3.63, 3.8) is 0 Å². The van der Waals surface area contributed by atoms with Gasteiger partial charge < -0.3 is 15.0 Å². The van der Waals surface area contributed by atoms with Crippen LogP contribution in [0.2, 0.25) is 0 Å². The molecule has 0 aliphatic carbocycles. The van der Waals surface area contributed by atoms with E-state index >= 15 is 0 Å². The van der Waals surface area contributed by atoms with Crippen LogP contribution in [0, 0.1) is 0 Å². The van der Waals surface area contributed by atoms with Gasteiger partial charge in [0.1, 0.15) is 17.1 Å². The predicted octanol–water partition coefficient (Wildman–Crippen LogP) is 1.67. The van der Waals surface area contributed by atoms with Crippen molar-refractivity contribution in [2.24, 2.45) is 0 Å². The highest BCUT2D eigenvalue weighted by Gasteiger charge is 2.45. The van der Waals surface area contributed by atoms with Gasteiger partial charge in [0.15, 0.2) is 5.75 Å². The molecule has 6 nitrogen and oxygen atoms in total. The van der Waals surface area contributed by atoms with Crippen LogP contribution in [0.25, 0.3) is 10.4 Å². The predicted molar refractivity (Wildman–Crippen MR) is 72.0 cm³/mol. The number of aromatic amines is 1. The topological polar surface area (TPSA) is 70.2 Å². The molecule has 2 aliphatic rings. The lowest BCUT2D eigenvalue weighted by atomic mass is 10.2. The number of alkyl halides is 2. The molecule has 0 radical (unpaired) electrons. The third-order valence-electron chi connectivity index (χ3n) is 3.42. The number of nitrogens with one attached hydrogen (secondary N) is 2. The van der Waals surface area contributed by atoms with Crippen molar-refractivity contribution >= 4 is 22.9 Å². The van der Waals surface area contributed by atoms with E-state index in [1.807, 2.05) is 0 Å². The number of nitrogens with zero attached hydrogens (tertiary/aromatic N) is 2.